The van der Waals surface area contributed by atoms with Gasteiger partial charge in [0.2, 0.25) is 0 Å². The number of hydrogen-bond acceptors (Lipinski definition) is 4. The molecule has 1 atom stereocenters. The number of aromatic amines is 1. The van der Waals surface area contributed by atoms with E-state index in [1.54, 1.807) is 18.3 Å². The molecule has 1 amide bonds. The number of nitrogens with one attached hydrogen (secondary N) is 2. The number of H-pyrrole nitrogens is 1. The van der Waals surface area contributed by atoms with E-state index in [9.17, 15) is 14.7 Å². The Morgan fingerprint density at radius 1 is 1.21 bits per heavy atom. The maximum atomic E-state index is 12.6. The number of imidazole rings is 2. The van der Waals surface area contributed by atoms with Gasteiger partial charge in [-0.05, 0) is 12.1 Å². The van der Waals surface area contributed by atoms with Crippen LogP contribution in [0.1, 0.15) is 16.1 Å². The first-order valence-corrected chi connectivity index (χ1v) is 8.65. The van der Waals surface area contributed by atoms with Crippen molar-refractivity contribution in [1.29, 1.82) is 0 Å². The summed E-state index contributed by atoms with van der Waals surface area (Å²) in [7, 11) is 0. The Bertz CT molecular complexity index is 1120. The van der Waals surface area contributed by atoms with Crippen LogP contribution in [-0.4, -0.2) is 42.4 Å². The van der Waals surface area contributed by atoms with Gasteiger partial charge in [0, 0.05) is 41.8 Å². The van der Waals surface area contributed by atoms with Crippen LogP contribution >= 0.6 is 0 Å². The summed E-state index contributed by atoms with van der Waals surface area (Å²) < 4.78 is 1.82. The molecular formula is C20H17N5O3. The molecular weight excluding hydrogens is 358 g/mol. The Hall–Kier alpha value is -3.94. The largest absolute Gasteiger partial charge is 0.480 e. The van der Waals surface area contributed by atoms with E-state index in [2.05, 4.69) is 20.3 Å². The minimum absolute atomic E-state index is 0.116. The predicted molar refractivity (Wildman–Crippen MR) is 102 cm³/mol. The van der Waals surface area contributed by atoms with Crippen LogP contribution in [0, 0.1) is 0 Å². The number of rotatable bonds is 6. The zero-order chi connectivity index (χ0) is 19.5. The van der Waals surface area contributed by atoms with Gasteiger partial charge in [-0.3, -0.25) is 4.79 Å². The lowest BCUT2D eigenvalue weighted by Crippen LogP contribution is -2.42. The number of pyridine rings is 1. The van der Waals surface area contributed by atoms with Gasteiger partial charge in [0.25, 0.3) is 5.91 Å². The molecule has 140 valence electrons. The van der Waals surface area contributed by atoms with Crippen molar-refractivity contribution in [3.8, 4) is 11.3 Å². The van der Waals surface area contributed by atoms with E-state index < -0.39 is 17.9 Å². The van der Waals surface area contributed by atoms with Crippen molar-refractivity contribution in [2.75, 3.05) is 0 Å². The number of amides is 1. The van der Waals surface area contributed by atoms with Crippen LogP contribution in [0.25, 0.3) is 16.9 Å². The second kappa shape index (κ2) is 7.36. The smallest absolute Gasteiger partial charge is 0.326 e. The van der Waals surface area contributed by atoms with Crippen LogP contribution in [0.3, 0.4) is 0 Å². The molecule has 0 aliphatic heterocycles. The molecule has 0 radical (unpaired) electrons. The number of nitrogens with zero attached hydrogens (tertiary/aromatic N) is 3. The molecule has 8 nitrogen and oxygen atoms in total. The molecule has 8 heteroatoms. The molecule has 1 unspecified atom stereocenters. The molecule has 28 heavy (non-hydrogen) atoms. The maximum Gasteiger partial charge on any atom is 0.326 e. The predicted octanol–water partition coefficient (Wildman–Crippen LogP) is 2.15. The lowest BCUT2D eigenvalue weighted by Gasteiger charge is -2.13. The van der Waals surface area contributed by atoms with Crippen molar-refractivity contribution in [3.63, 3.8) is 0 Å². The van der Waals surface area contributed by atoms with Crippen molar-refractivity contribution in [2.45, 2.75) is 12.5 Å². The van der Waals surface area contributed by atoms with Gasteiger partial charge in [0.1, 0.15) is 11.7 Å². The van der Waals surface area contributed by atoms with Gasteiger partial charge in [-0.15, -0.1) is 0 Å². The molecule has 0 saturated carbocycles. The summed E-state index contributed by atoms with van der Waals surface area (Å²) >= 11 is 0. The molecule has 0 aliphatic carbocycles. The summed E-state index contributed by atoms with van der Waals surface area (Å²) in [6.45, 7) is 0. The first kappa shape index (κ1) is 17.5. The third-order valence-electron chi connectivity index (χ3n) is 4.37. The first-order valence-electron chi connectivity index (χ1n) is 8.65. The van der Waals surface area contributed by atoms with E-state index in [1.807, 2.05) is 40.9 Å². The average Bonchev–Trinajstić information content (AvgIpc) is 3.37. The van der Waals surface area contributed by atoms with Crippen molar-refractivity contribution in [2.24, 2.45) is 0 Å². The second-order valence-corrected chi connectivity index (χ2v) is 6.32. The number of carboxylic acid groups (broad SMARTS) is 1. The number of aromatic nitrogens is 4. The number of aliphatic carboxylic acids is 1. The third kappa shape index (κ3) is 3.61. The van der Waals surface area contributed by atoms with Crippen LogP contribution in [0.15, 0.2) is 67.4 Å². The van der Waals surface area contributed by atoms with E-state index in [0.717, 1.165) is 11.3 Å². The number of hydrogen-bond donors (Lipinski definition) is 3. The summed E-state index contributed by atoms with van der Waals surface area (Å²) in [4.78, 5) is 35.3. The summed E-state index contributed by atoms with van der Waals surface area (Å²) in [5.41, 5.74) is 3.34. The minimum Gasteiger partial charge on any atom is -0.480 e. The van der Waals surface area contributed by atoms with Crippen molar-refractivity contribution in [1.82, 2.24) is 24.7 Å². The quantitative estimate of drug-likeness (QED) is 0.478. The SMILES string of the molecule is O=C(NC(Cc1cnc[nH]1)C(=O)O)c1ccn2cc(-c3ccccc3)nc2c1. The third-order valence-corrected chi connectivity index (χ3v) is 4.37. The topological polar surface area (TPSA) is 112 Å². The zero-order valence-electron chi connectivity index (χ0n) is 14.7. The first-order chi connectivity index (χ1) is 13.6. The van der Waals surface area contributed by atoms with Gasteiger partial charge in [0.05, 0.1) is 12.0 Å². The molecule has 3 aromatic heterocycles. The van der Waals surface area contributed by atoms with Crippen LogP contribution in [0.4, 0.5) is 0 Å². The normalized spacial score (nSPS) is 12.0. The van der Waals surface area contributed by atoms with Crippen LogP contribution in [0.2, 0.25) is 0 Å². The maximum absolute atomic E-state index is 12.6. The lowest BCUT2D eigenvalue weighted by atomic mass is 10.1. The molecule has 0 fully saturated rings. The Kier molecular flexibility index (Phi) is 4.59. The standard InChI is InChI=1S/C20H17N5O3/c26-19(24-16(20(27)28)9-15-10-21-12-22-15)14-6-7-25-11-17(23-18(25)8-14)13-4-2-1-3-5-13/h1-8,10-12,16H,9H2,(H,21,22)(H,24,26)(H,27,28). The van der Waals surface area contributed by atoms with E-state index in [0.29, 0.717) is 16.9 Å². The molecule has 0 saturated heterocycles. The summed E-state index contributed by atoms with van der Waals surface area (Å²) in [6, 6.07) is 11.9. The fourth-order valence-corrected chi connectivity index (χ4v) is 2.93. The minimum atomic E-state index is -1.11. The fraction of sp³-hybridized carbons (Fsp3) is 0.100. The monoisotopic (exact) mass is 375 g/mol. The van der Waals surface area contributed by atoms with Gasteiger partial charge < -0.3 is 19.8 Å². The Morgan fingerprint density at radius 2 is 2.04 bits per heavy atom. The highest BCUT2D eigenvalue weighted by Gasteiger charge is 2.22. The molecule has 3 N–H and O–H groups in total. The second-order valence-electron chi connectivity index (χ2n) is 6.32. The van der Waals surface area contributed by atoms with Gasteiger partial charge in [-0.2, -0.15) is 0 Å². The molecule has 4 aromatic rings. The fourth-order valence-electron chi connectivity index (χ4n) is 2.93. The summed E-state index contributed by atoms with van der Waals surface area (Å²) in [5, 5.41) is 12.0. The number of carboxylic acids is 1. The summed E-state index contributed by atoms with van der Waals surface area (Å²) in [5.74, 6) is -1.59. The van der Waals surface area contributed by atoms with Crippen LogP contribution < -0.4 is 5.32 Å². The number of fused-ring (bicyclic) bond motifs is 1. The number of benzene rings is 1. The van der Waals surface area contributed by atoms with Gasteiger partial charge in [0.15, 0.2) is 0 Å². The van der Waals surface area contributed by atoms with E-state index >= 15 is 0 Å². The van der Waals surface area contributed by atoms with Crippen molar-refractivity contribution in [3.05, 3.63) is 78.6 Å². The summed E-state index contributed by atoms with van der Waals surface area (Å²) in [6.07, 6.45) is 6.72. The lowest BCUT2D eigenvalue weighted by molar-refractivity contribution is -0.139. The Balaban J connectivity index is 1.56. The number of carbonyl (C=O) groups is 2. The van der Waals surface area contributed by atoms with Crippen molar-refractivity contribution < 1.29 is 14.7 Å². The molecule has 0 aliphatic rings. The van der Waals surface area contributed by atoms with Gasteiger partial charge >= 0.3 is 5.97 Å². The Morgan fingerprint density at radius 3 is 2.75 bits per heavy atom. The van der Waals surface area contributed by atoms with Crippen molar-refractivity contribution >= 4 is 17.5 Å². The molecule has 0 bridgehead atoms. The average molecular weight is 375 g/mol. The highest BCUT2D eigenvalue weighted by molar-refractivity contribution is 5.97. The number of carbonyl (C=O) groups excluding carboxylic acids is 1. The van der Waals surface area contributed by atoms with E-state index in [4.69, 9.17) is 0 Å². The molecule has 3 heterocycles. The van der Waals surface area contributed by atoms with Crippen LogP contribution in [-0.2, 0) is 11.2 Å². The Labute approximate surface area is 159 Å². The van der Waals surface area contributed by atoms with Crippen LogP contribution in [0.5, 0.6) is 0 Å². The molecule has 4 rings (SSSR count). The van der Waals surface area contributed by atoms with Gasteiger partial charge in [-0.25, -0.2) is 14.8 Å². The highest BCUT2D eigenvalue weighted by Crippen LogP contribution is 2.19. The van der Waals surface area contributed by atoms with E-state index in [1.165, 1.54) is 12.5 Å². The van der Waals surface area contributed by atoms with Gasteiger partial charge in [-0.1, -0.05) is 30.3 Å². The highest BCUT2D eigenvalue weighted by atomic mass is 16.4. The molecule has 1 aromatic carbocycles. The molecule has 0 spiro atoms. The van der Waals surface area contributed by atoms with E-state index in [-0.39, 0.29) is 6.42 Å². The zero-order valence-corrected chi connectivity index (χ0v) is 14.7.